The lowest BCUT2D eigenvalue weighted by Crippen LogP contribution is -2.12. The van der Waals surface area contributed by atoms with Crippen LogP contribution in [-0.2, 0) is 18.4 Å². The molecular weight excluding hydrogens is 370 g/mol. The van der Waals surface area contributed by atoms with Crippen LogP contribution in [-0.4, -0.2) is 30.7 Å². The smallest absolute Gasteiger partial charge is 0.343 e. The number of aromatic nitrogens is 5. The minimum Gasteiger partial charge on any atom is -0.454 e. The standard InChI is InChI=1S/C17H18ClN7O2/c1-9-6-4-5-7-11(9)20-17-22-12(21-16(19)23-17)8-27-15(26)13-10(2)24-25(3)14(13)18/h4-7H,8H2,1-3H3,(H3,19,20,21,22,23). The number of halogens is 1. The molecular formula is C17H18ClN7O2. The molecule has 9 nitrogen and oxygen atoms in total. The molecule has 0 aliphatic carbocycles. The number of hydrogen-bond donors (Lipinski definition) is 2. The van der Waals surface area contributed by atoms with Gasteiger partial charge in [0.25, 0.3) is 0 Å². The van der Waals surface area contributed by atoms with Gasteiger partial charge < -0.3 is 15.8 Å². The van der Waals surface area contributed by atoms with Gasteiger partial charge in [-0.2, -0.15) is 20.1 Å². The van der Waals surface area contributed by atoms with Crippen LogP contribution in [0.15, 0.2) is 24.3 Å². The summed E-state index contributed by atoms with van der Waals surface area (Å²) in [6.45, 7) is 3.45. The molecule has 0 saturated carbocycles. The summed E-state index contributed by atoms with van der Waals surface area (Å²) >= 11 is 6.07. The number of para-hydroxylation sites is 1. The van der Waals surface area contributed by atoms with E-state index in [4.69, 9.17) is 22.1 Å². The highest BCUT2D eigenvalue weighted by atomic mass is 35.5. The lowest BCUT2D eigenvalue weighted by atomic mass is 10.2. The molecule has 0 amide bonds. The van der Waals surface area contributed by atoms with Crippen LogP contribution in [0.2, 0.25) is 5.15 Å². The fraction of sp³-hybridized carbons (Fsp3) is 0.235. The molecule has 0 bridgehead atoms. The number of esters is 1. The van der Waals surface area contributed by atoms with Crippen LogP contribution in [0.5, 0.6) is 0 Å². The summed E-state index contributed by atoms with van der Waals surface area (Å²) in [6.07, 6.45) is 0. The minimum absolute atomic E-state index is 0.0164. The van der Waals surface area contributed by atoms with Crippen molar-refractivity contribution in [3.8, 4) is 0 Å². The van der Waals surface area contributed by atoms with E-state index in [0.29, 0.717) is 5.69 Å². The zero-order valence-corrected chi connectivity index (χ0v) is 15.8. The summed E-state index contributed by atoms with van der Waals surface area (Å²) in [7, 11) is 1.64. The Hall–Kier alpha value is -3.20. The molecule has 0 radical (unpaired) electrons. The van der Waals surface area contributed by atoms with E-state index < -0.39 is 5.97 Å². The molecule has 3 rings (SSSR count). The van der Waals surface area contributed by atoms with E-state index in [0.717, 1.165) is 11.3 Å². The fourth-order valence-electron chi connectivity index (χ4n) is 2.46. The molecule has 3 N–H and O–H groups in total. The first kappa shape index (κ1) is 18.6. The van der Waals surface area contributed by atoms with Crippen LogP contribution in [0.25, 0.3) is 0 Å². The zero-order chi connectivity index (χ0) is 19.6. The Morgan fingerprint density at radius 1 is 1.26 bits per heavy atom. The number of aryl methyl sites for hydroxylation is 3. The maximum Gasteiger partial charge on any atom is 0.343 e. The molecule has 3 aromatic rings. The predicted octanol–water partition coefficient (Wildman–Crippen LogP) is 2.56. The average molecular weight is 388 g/mol. The molecule has 0 atom stereocenters. The molecule has 2 aromatic heterocycles. The molecule has 0 saturated heterocycles. The third-order valence-electron chi connectivity index (χ3n) is 3.78. The Labute approximate surface area is 160 Å². The fourth-order valence-corrected chi connectivity index (χ4v) is 2.71. The zero-order valence-electron chi connectivity index (χ0n) is 15.0. The number of hydrogen-bond acceptors (Lipinski definition) is 8. The van der Waals surface area contributed by atoms with Crippen molar-refractivity contribution in [3.63, 3.8) is 0 Å². The third kappa shape index (κ3) is 4.14. The summed E-state index contributed by atoms with van der Waals surface area (Å²) < 4.78 is 6.66. The van der Waals surface area contributed by atoms with Crippen LogP contribution >= 0.6 is 11.6 Å². The molecule has 2 heterocycles. The predicted molar refractivity (Wildman–Crippen MR) is 101 cm³/mol. The Morgan fingerprint density at radius 3 is 2.67 bits per heavy atom. The summed E-state index contributed by atoms with van der Waals surface area (Å²) in [6, 6.07) is 7.67. The van der Waals surface area contributed by atoms with Gasteiger partial charge in [0, 0.05) is 12.7 Å². The summed E-state index contributed by atoms with van der Waals surface area (Å²) in [5.41, 5.74) is 8.28. The maximum absolute atomic E-state index is 12.3. The molecule has 1 aromatic carbocycles. The quantitative estimate of drug-likeness (QED) is 0.640. The van der Waals surface area contributed by atoms with Gasteiger partial charge in [-0.3, -0.25) is 4.68 Å². The molecule has 0 fully saturated rings. The first-order valence-corrected chi connectivity index (χ1v) is 8.42. The second kappa shape index (κ2) is 7.58. The topological polar surface area (TPSA) is 121 Å². The van der Waals surface area contributed by atoms with E-state index in [1.807, 2.05) is 31.2 Å². The lowest BCUT2D eigenvalue weighted by molar-refractivity contribution is 0.0461. The number of nitrogens with two attached hydrogens (primary N) is 1. The van der Waals surface area contributed by atoms with Gasteiger partial charge in [-0.25, -0.2) is 4.79 Å². The van der Waals surface area contributed by atoms with Crippen molar-refractivity contribution in [1.29, 1.82) is 0 Å². The van der Waals surface area contributed by atoms with E-state index in [9.17, 15) is 4.79 Å². The number of carbonyl (C=O) groups is 1. The van der Waals surface area contributed by atoms with Crippen molar-refractivity contribution in [2.45, 2.75) is 20.5 Å². The van der Waals surface area contributed by atoms with Gasteiger partial charge in [0.05, 0.1) is 5.69 Å². The largest absolute Gasteiger partial charge is 0.454 e. The highest BCUT2D eigenvalue weighted by Gasteiger charge is 2.21. The summed E-state index contributed by atoms with van der Waals surface area (Å²) in [5.74, 6) is -0.122. The van der Waals surface area contributed by atoms with Gasteiger partial charge in [-0.1, -0.05) is 29.8 Å². The van der Waals surface area contributed by atoms with Crippen molar-refractivity contribution in [2.24, 2.45) is 7.05 Å². The second-order valence-corrected chi connectivity index (χ2v) is 6.18. The first-order chi connectivity index (χ1) is 12.8. The van der Waals surface area contributed by atoms with Gasteiger partial charge in [0.1, 0.15) is 10.7 Å². The van der Waals surface area contributed by atoms with Gasteiger partial charge in [0.2, 0.25) is 11.9 Å². The van der Waals surface area contributed by atoms with Crippen LogP contribution in [0.4, 0.5) is 17.6 Å². The number of nitrogens with zero attached hydrogens (tertiary/aromatic N) is 5. The van der Waals surface area contributed by atoms with Gasteiger partial charge in [0.15, 0.2) is 12.4 Å². The van der Waals surface area contributed by atoms with Crippen LogP contribution < -0.4 is 11.1 Å². The number of nitrogen functional groups attached to an aromatic ring is 1. The summed E-state index contributed by atoms with van der Waals surface area (Å²) in [4.78, 5) is 24.6. The number of nitrogens with one attached hydrogen (secondary N) is 1. The Morgan fingerprint density at radius 2 is 2.00 bits per heavy atom. The number of ether oxygens (including phenoxy) is 1. The van der Waals surface area contributed by atoms with Crippen molar-refractivity contribution in [3.05, 3.63) is 52.1 Å². The van der Waals surface area contributed by atoms with Gasteiger partial charge in [-0.05, 0) is 25.5 Å². The van der Waals surface area contributed by atoms with Crippen molar-refractivity contribution in [2.75, 3.05) is 11.1 Å². The highest BCUT2D eigenvalue weighted by Crippen LogP contribution is 2.21. The monoisotopic (exact) mass is 387 g/mol. The van der Waals surface area contributed by atoms with Gasteiger partial charge in [-0.15, -0.1) is 0 Å². The number of anilines is 3. The Bertz CT molecular complexity index is 1000. The molecule has 10 heteroatoms. The van der Waals surface area contributed by atoms with E-state index in [-0.39, 0.29) is 35.0 Å². The SMILES string of the molecule is Cc1ccccc1Nc1nc(N)nc(COC(=O)c2c(C)nn(C)c2Cl)n1. The first-order valence-electron chi connectivity index (χ1n) is 8.04. The molecule has 140 valence electrons. The van der Waals surface area contributed by atoms with E-state index >= 15 is 0 Å². The van der Waals surface area contributed by atoms with Crippen LogP contribution in [0.3, 0.4) is 0 Å². The Balaban J connectivity index is 1.75. The number of rotatable bonds is 5. The molecule has 0 spiro atoms. The number of benzene rings is 1. The van der Waals surface area contributed by atoms with E-state index in [2.05, 4.69) is 25.4 Å². The van der Waals surface area contributed by atoms with E-state index in [1.54, 1.807) is 14.0 Å². The molecule has 27 heavy (non-hydrogen) atoms. The van der Waals surface area contributed by atoms with Crippen molar-refractivity contribution >= 4 is 35.2 Å². The Kier molecular flexibility index (Phi) is 5.22. The van der Waals surface area contributed by atoms with Crippen LogP contribution in [0, 0.1) is 13.8 Å². The molecule has 0 aliphatic heterocycles. The van der Waals surface area contributed by atoms with Crippen molar-refractivity contribution < 1.29 is 9.53 Å². The average Bonchev–Trinajstić information content (AvgIpc) is 2.87. The maximum atomic E-state index is 12.3. The summed E-state index contributed by atoms with van der Waals surface area (Å²) in [5, 5.41) is 7.36. The highest BCUT2D eigenvalue weighted by molar-refractivity contribution is 6.32. The third-order valence-corrected chi connectivity index (χ3v) is 4.21. The van der Waals surface area contributed by atoms with Crippen LogP contribution in [0.1, 0.15) is 27.4 Å². The molecule has 0 aliphatic rings. The normalized spacial score (nSPS) is 10.7. The van der Waals surface area contributed by atoms with Gasteiger partial charge >= 0.3 is 5.97 Å². The molecule has 0 unspecified atom stereocenters. The van der Waals surface area contributed by atoms with E-state index in [1.165, 1.54) is 4.68 Å². The lowest BCUT2D eigenvalue weighted by Gasteiger charge is -2.09. The minimum atomic E-state index is -0.613. The van der Waals surface area contributed by atoms with Crippen molar-refractivity contribution in [1.82, 2.24) is 24.7 Å². The number of carbonyl (C=O) groups excluding carboxylic acids is 1. The second-order valence-electron chi connectivity index (χ2n) is 5.82.